The number of piperazine rings is 1. The molecule has 10 heteroatoms. The molecule has 2 atom stereocenters. The molecule has 2 aromatic carbocycles. The van der Waals surface area contributed by atoms with Gasteiger partial charge < -0.3 is 20.7 Å². The molecule has 226 valence electrons. The number of rotatable bonds is 12. The first-order chi connectivity index (χ1) is 20.3. The first-order valence-corrected chi connectivity index (χ1v) is 16.9. The van der Waals surface area contributed by atoms with Gasteiger partial charge >= 0.3 is 0 Å². The van der Waals surface area contributed by atoms with E-state index in [9.17, 15) is 9.59 Å². The van der Waals surface area contributed by atoms with Crippen LogP contribution in [0.4, 0.5) is 0 Å². The third kappa shape index (κ3) is 8.66. The molecule has 0 aliphatic carbocycles. The van der Waals surface area contributed by atoms with Crippen LogP contribution in [-0.4, -0.2) is 86.1 Å². The first kappa shape index (κ1) is 31.2. The Hall–Kier alpha value is -2.25. The number of nitrogens with zero attached hydrogens (tertiary/aromatic N) is 2. The monoisotopic (exact) mass is 703 g/mol. The van der Waals surface area contributed by atoms with Crippen molar-refractivity contribution in [3.05, 3.63) is 62.5 Å². The van der Waals surface area contributed by atoms with E-state index in [1.165, 1.54) is 16.9 Å². The van der Waals surface area contributed by atoms with E-state index in [0.29, 0.717) is 17.9 Å². The van der Waals surface area contributed by atoms with Gasteiger partial charge in [-0.1, -0.05) is 38.1 Å². The number of likely N-dealkylation sites (tertiary alicyclic amines) is 1. The molecule has 2 fully saturated rings. The van der Waals surface area contributed by atoms with Crippen LogP contribution in [-0.2, 0) is 11.3 Å². The lowest BCUT2D eigenvalue weighted by Crippen LogP contribution is -2.50. The van der Waals surface area contributed by atoms with Crippen LogP contribution in [0.15, 0.2) is 48.5 Å². The molecule has 8 nitrogen and oxygen atoms in total. The molecule has 0 radical (unpaired) electrons. The Kier molecular flexibility index (Phi) is 11.1. The summed E-state index contributed by atoms with van der Waals surface area (Å²) in [5, 5.41) is 10.7. The van der Waals surface area contributed by atoms with E-state index in [-0.39, 0.29) is 23.8 Å². The van der Waals surface area contributed by atoms with Crippen molar-refractivity contribution in [2.75, 3.05) is 52.4 Å². The van der Waals surface area contributed by atoms with Crippen LogP contribution >= 0.6 is 33.9 Å². The second kappa shape index (κ2) is 15.0. The predicted molar refractivity (Wildman–Crippen MR) is 178 cm³/mol. The van der Waals surface area contributed by atoms with Gasteiger partial charge in [0.05, 0.1) is 8.45 Å². The van der Waals surface area contributed by atoms with Crippen molar-refractivity contribution in [1.29, 1.82) is 0 Å². The summed E-state index contributed by atoms with van der Waals surface area (Å²) in [5.41, 5.74) is 1.22. The van der Waals surface area contributed by atoms with Crippen LogP contribution in [0.25, 0.3) is 10.1 Å². The van der Waals surface area contributed by atoms with Gasteiger partial charge in [-0.3, -0.25) is 19.4 Å². The fourth-order valence-corrected chi connectivity index (χ4v) is 7.11. The van der Waals surface area contributed by atoms with Crippen molar-refractivity contribution in [3.63, 3.8) is 0 Å². The number of benzene rings is 2. The molecule has 42 heavy (non-hydrogen) atoms. The summed E-state index contributed by atoms with van der Waals surface area (Å²) in [5.74, 6) is 0.935. The quantitative estimate of drug-likeness (QED) is 0.244. The molecule has 0 saturated carbocycles. The minimum atomic E-state index is -0.561. The lowest BCUT2D eigenvalue weighted by atomic mass is 10.0. The Balaban J connectivity index is 1.12. The maximum absolute atomic E-state index is 13.4. The van der Waals surface area contributed by atoms with E-state index in [4.69, 9.17) is 4.74 Å². The number of amides is 2. The van der Waals surface area contributed by atoms with Crippen LogP contribution in [0.5, 0.6) is 5.75 Å². The van der Waals surface area contributed by atoms with Gasteiger partial charge in [-0.15, -0.1) is 11.3 Å². The van der Waals surface area contributed by atoms with E-state index in [1.807, 2.05) is 30.3 Å². The maximum Gasteiger partial charge on any atom is 0.262 e. The van der Waals surface area contributed by atoms with E-state index < -0.39 is 6.04 Å². The van der Waals surface area contributed by atoms with Crippen molar-refractivity contribution >= 4 is 55.8 Å². The largest absolute Gasteiger partial charge is 0.491 e. The minimum absolute atomic E-state index is 0.0620. The lowest BCUT2D eigenvalue weighted by molar-refractivity contribution is -0.124. The summed E-state index contributed by atoms with van der Waals surface area (Å²) >= 11 is 3.80. The molecule has 0 spiro atoms. The summed E-state index contributed by atoms with van der Waals surface area (Å²) in [6.07, 6.45) is 1.49. The van der Waals surface area contributed by atoms with Gasteiger partial charge in [0.25, 0.3) is 5.91 Å². The van der Waals surface area contributed by atoms with Crippen LogP contribution < -0.4 is 20.7 Å². The fraction of sp³-hybridized carbons (Fsp3) is 0.500. The van der Waals surface area contributed by atoms with Crippen LogP contribution in [0.1, 0.15) is 41.9 Å². The Morgan fingerprint density at radius 3 is 2.69 bits per heavy atom. The van der Waals surface area contributed by atoms with Crippen LogP contribution in [0.2, 0.25) is 0 Å². The number of fused-ring (bicyclic) bond motifs is 1. The third-order valence-electron chi connectivity index (χ3n) is 7.87. The van der Waals surface area contributed by atoms with Crippen LogP contribution in [0, 0.1) is 9.49 Å². The van der Waals surface area contributed by atoms with Gasteiger partial charge in [-0.2, -0.15) is 0 Å². The molecule has 3 heterocycles. The summed E-state index contributed by atoms with van der Waals surface area (Å²) in [4.78, 5) is 31.9. The number of carbonyl (C=O) groups is 2. The fourth-order valence-electron chi connectivity index (χ4n) is 5.66. The number of thiophene rings is 1. The van der Waals surface area contributed by atoms with E-state index in [1.54, 1.807) is 0 Å². The summed E-state index contributed by atoms with van der Waals surface area (Å²) < 4.78 is 8.37. The minimum Gasteiger partial charge on any atom is -0.491 e. The van der Waals surface area contributed by atoms with E-state index >= 15 is 0 Å². The molecule has 2 saturated heterocycles. The lowest BCUT2D eigenvalue weighted by Gasteiger charge is -2.27. The molecule has 1 aromatic heterocycles. The highest BCUT2D eigenvalue weighted by Crippen LogP contribution is 2.26. The third-order valence-corrected chi connectivity index (χ3v) is 9.88. The maximum atomic E-state index is 13.4. The van der Waals surface area contributed by atoms with Gasteiger partial charge in [0.2, 0.25) is 5.91 Å². The highest BCUT2D eigenvalue weighted by molar-refractivity contribution is 14.1. The topological polar surface area (TPSA) is 85.9 Å². The molecular weight excluding hydrogens is 661 g/mol. The Morgan fingerprint density at radius 1 is 1.10 bits per heavy atom. The van der Waals surface area contributed by atoms with Crippen LogP contribution in [0.3, 0.4) is 0 Å². The molecule has 2 aliphatic heterocycles. The zero-order valence-corrected chi connectivity index (χ0v) is 27.5. The zero-order valence-electron chi connectivity index (χ0n) is 24.5. The zero-order chi connectivity index (χ0) is 29.5. The van der Waals surface area contributed by atoms with Crippen molar-refractivity contribution in [2.45, 2.75) is 45.3 Å². The predicted octanol–water partition coefficient (Wildman–Crippen LogP) is 4.33. The average molecular weight is 704 g/mol. The number of ether oxygens (including phenoxy) is 1. The average Bonchev–Trinajstić information content (AvgIpc) is 3.61. The molecule has 2 amide bonds. The van der Waals surface area contributed by atoms with E-state index in [0.717, 1.165) is 78.2 Å². The number of hydrogen-bond donors (Lipinski definition) is 3. The van der Waals surface area contributed by atoms with Gasteiger partial charge in [-0.05, 0) is 76.6 Å². The van der Waals surface area contributed by atoms with E-state index in [2.05, 4.69) is 80.4 Å². The van der Waals surface area contributed by atoms with Gasteiger partial charge in [0.1, 0.15) is 18.4 Å². The molecule has 0 bridgehead atoms. The Bertz CT molecular complexity index is 1330. The molecule has 3 N–H and O–H groups in total. The normalized spacial score (nSPS) is 18.8. The van der Waals surface area contributed by atoms with Gasteiger partial charge in [0, 0.05) is 63.1 Å². The highest BCUT2D eigenvalue weighted by Gasteiger charge is 2.29. The smallest absolute Gasteiger partial charge is 0.262 e. The second-order valence-corrected chi connectivity index (χ2v) is 14.0. The molecule has 0 unspecified atom stereocenters. The summed E-state index contributed by atoms with van der Waals surface area (Å²) in [6, 6.07) is 15.8. The SMILES string of the molecule is CC(C)C[C@H](NC(=O)c1cc2ccccc2s1)C(=O)N[C@H]1CCN(Cc2ccc(I)c(OCCN3CCNCC3)c2)C1. The van der Waals surface area contributed by atoms with Crippen molar-refractivity contribution in [3.8, 4) is 5.75 Å². The molecule has 3 aromatic rings. The Labute approximate surface area is 266 Å². The molecule has 2 aliphatic rings. The standard InChI is InChI=1S/C32H42IN5O3S/c1-22(2)17-27(36-32(40)30-19-24-5-3-4-6-29(24)42-30)31(39)35-25-9-12-38(21-25)20-23-7-8-26(33)28(18-23)41-16-15-37-13-10-34-11-14-37/h3-8,18-19,22,25,27,34H,9-17,20-21H2,1-2H3,(H,35,39)(H,36,40)/t25-,27-/m0/s1. The molecular formula is C32H42IN5O3S. The van der Waals surface area contributed by atoms with Crippen molar-refractivity contribution < 1.29 is 14.3 Å². The second-order valence-electron chi connectivity index (χ2n) is 11.7. The van der Waals surface area contributed by atoms with Crippen molar-refractivity contribution in [2.24, 2.45) is 5.92 Å². The summed E-state index contributed by atoms with van der Waals surface area (Å²) in [7, 11) is 0. The number of hydrogen-bond acceptors (Lipinski definition) is 7. The summed E-state index contributed by atoms with van der Waals surface area (Å²) in [6.45, 7) is 12.5. The highest BCUT2D eigenvalue weighted by atomic mass is 127. The van der Waals surface area contributed by atoms with Gasteiger partial charge in [0.15, 0.2) is 0 Å². The first-order valence-electron chi connectivity index (χ1n) is 15.0. The van der Waals surface area contributed by atoms with Gasteiger partial charge in [-0.25, -0.2) is 0 Å². The number of halogens is 1. The molecule has 5 rings (SSSR count). The number of nitrogens with one attached hydrogen (secondary N) is 3. The Morgan fingerprint density at radius 2 is 1.90 bits per heavy atom. The number of carbonyl (C=O) groups excluding carboxylic acids is 2. The van der Waals surface area contributed by atoms with Crippen molar-refractivity contribution in [1.82, 2.24) is 25.8 Å².